The highest BCUT2D eigenvalue weighted by molar-refractivity contribution is 5.80. The predicted octanol–water partition coefficient (Wildman–Crippen LogP) is 2.42. The molecule has 19 heavy (non-hydrogen) atoms. The summed E-state index contributed by atoms with van der Waals surface area (Å²) in [5.41, 5.74) is 1.08. The average molecular weight is 262 g/mol. The van der Waals surface area contributed by atoms with Crippen LogP contribution in [0.25, 0.3) is 0 Å². The SMILES string of the molecule is C[C@H](OCC1CC1)C(=O)N(C)[C@@H](C)c1ccncc1. The van der Waals surface area contributed by atoms with E-state index >= 15 is 0 Å². The van der Waals surface area contributed by atoms with Gasteiger partial charge < -0.3 is 9.64 Å². The van der Waals surface area contributed by atoms with Crippen molar-refractivity contribution in [2.45, 2.75) is 38.8 Å². The molecule has 0 aromatic carbocycles. The Balaban J connectivity index is 1.89. The number of hydrogen-bond acceptors (Lipinski definition) is 3. The summed E-state index contributed by atoms with van der Waals surface area (Å²) in [5.74, 6) is 0.711. The number of rotatable bonds is 6. The number of carbonyl (C=O) groups excluding carboxylic acids is 1. The number of likely N-dealkylation sites (N-methyl/N-ethyl adjacent to an activating group) is 1. The summed E-state index contributed by atoms with van der Waals surface area (Å²) in [5, 5.41) is 0. The van der Waals surface area contributed by atoms with Gasteiger partial charge in [0.25, 0.3) is 5.91 Å². The van der Waals surface area contributed by atoms with E-state index in [1.807, 2.05) is 33.0 Å². The van der Waals surface area contributed by atoms with Gasteiger partial charge >= 0.3 is 0 Å². The van der Waals surface area contributed by atoms with Crippen molar-refractivity contribution in [1.82, 2.24) is 9.88 Å². The van der Waals surface area contributed by atoms with Crippen molar-refractivity contribution in [3.8, 4) is 0 Å². The van der Waals surface area contributed by atoms with Crippen molar-refractivity contribution in [2.75, 3.05) is 13.7 Å². The van der Waals surface area contributed by atoms with Crippen LogP contribution in [0, 0.1) is 5.92 Å². The van der Waals surface area contributed by atoms with E-state index in [2.05, 4.69) is 4.98 Å². The van der Waals surface area contributed by atoms with Crippen LogP contribution in [-0.4, -0.2) is 35.5 Å². The van der Waals surface area contributed by atoms with Crippen LogP contribution in [0.4, 0.5) is 0 Å². The molecule has 0 saturated heterocycles. The first kappa shape index (κ1) is 14.0. The molecule has 1 aliphatic carbocycles. The zero-order chi connectivity index (χ0) is 13.8. The number of carbonyl (C=O) groups is 1. The van der Waals surface area contributed by atoms with Crippen molar-refractivity contribution in [2.24, 2.45) is 5.92 Å². The standard InChI is InChI=1S/C15H22N2O2/c1-11(14-6-8-16-9-7-14)17(3)15(18)12(2)19-10-13-4-5-13/h6-9,11-13H,4-5,10H2,1-3H3/t11-,12-/m0/s1. The van der Waals surface area contributed by atoms with E-state index in [0.29, 0.717) is 12.5 Å². The van der Waals surface area contributed by atoms with E-state index in [4.69, 9.17) is 4.74 Å². The Bertz CT molecular complexity index is 417. The van der Waals surface area contributed by atoms with Crippen molar-refractivity contribution in [1.29, 1.82) is 0 Å². The first-order valence-corrected chi connectivity index (χ1v) is 6.87. The molecule has 1 aromatic heterocycles. The lowest BCUT2D eigenvalue weighted by atomic mass is 10.1. The maximum atomic E-state index is 12.3. The van der Waals surface area contributed by atoms with E-state index in [1.165, 1.54) is 12.8 Å². The molecule has 4 heteroatoms. The highest BCUT2D eigenvalue weighted by atomic mass is 16.5. The van der Waals surface area contributed by atoms with E-state index in [-0.39, 0.29) is 18.1 Å². The minimum Gasteiger partial charge on any atom is -0.368 e. The van der Waals surface area contributed by atoms with Gasteiger partial charge in [-0.3, -0.25) is 9.78 Å². The largest absolute Gasteiger partial charge is 0.368 e. The zero-order valence-corrected chi connectivity index (χ0v) is 11.9. The van der Waals surface area contributed by atoms with Gasteiger partial charge in [-0.05, 0) is 50.3 Å². The molecule has 0 unspecified atom stereocenters. The van der Waals surface area contributed by atoms with Gasteiger partial charge in [-0.1, -0.05) is 0 Å². The van der Waals surface area contributed by atoms with E-state index in [1.54, 1.807) is 17.3 Å². The highest BCUT2D eigenvalue weighted by Gasteiger charge is 2.26. The molecular weight excluding hydrogens is 240 g/mol. The molecule has 1 aliphatic rings. The Morgan fingerprint density at radius 2 is 2.05 bits per heavy atom. The number of nitrogens with zero attached hydrogens (tertiary/aromatic N) is 2. The van der Waals surface area contributed by atoms with Crippen LogP contribution in [0.3, 0.4) is 0 Å². The summed E-state index contributed by atoms with van der Waals surface area (Å²) in [6.07, 6.45) is 5.61. The fourth-order valence-electron chi connectivity index (χ4n) is 1.98. The van der Waals surface area contributed by atoms with Gasteiger partial charge in [0.05, 0.1) is 12.6 Å². The van der Waals surface area contributed by atoms with Crippen LogP contribution in [0.2, 0.25) is 0 Å². The molecule has 0 aliphatic heterocycles. The predicted molar refractivity (Wildman–Crippen MR) is 73.6 cm³/mol. The van der Waals surface area contributed by atoms with Crippen molar-refractivity contribution in [3.63, 3.8) is 0 Å². The molecule has 0 spiro atoms. The summed E-state index contributed by atoms with van der Waals surface area (Å²) in [6.45, 7) is 4.56. The van der Waals surface area contributed by atoms with Crippen molar-refractivity contribution in [3.05, 3.63) is 30.1 Å². The van der Waals surface area contributed by atoms with Crippen LogP contribution in [-0.2, 0) is 9.53 Å². The molecule has 1 fully saturated rings. The topological polar surface area (TPSA) is 42.4 Å². The molecule has 1 aromatic rings. The molecular formula is C15H22N2O2. The second-order valence-electron chi connectivity index (χ2n) is 5.32. The lowest BCUT2D eigenvalue weighted by molar-refractivity contribution is -0.143. The normalized spacial score (nSPS) is 17.8. The minimum absolute atomic E-state index is 0.0301. The molecule has 4 nitrogen and oxygen atoms in total. The summed E-state index contributed by atoms with van der Waals surface area (Å²) < 4.78 is 5.63. The Morgan fingerprint density at radius 1 is 1.42 bits per heavy atom. The number of amides is 1. The Morgan fingerprint density at radius 3 is 2.63 bits per heavy atom. The van der Waals surface area contributed by atoms with E-state index in [0.717, 1.165) is 5.56 Å². The third-order valence-corrected chi connectivity index (χ3v) is 3.74. The van der Waals surface area contributed by atoms with Gasteiger partial charge in [-0.15, -0.1) is 0 Å². The second kappa shape index (κ2) is 6.15. The quantitative estimate of drug-likeness (QED) is 0.790. The van der Waals surface area contributed by atoms with Crippen LogP contribution in [0.1, 0.15) is 38.3 Å². The molecule has 1 amide bonds. The summed E-state index contributed by atoms with van der Waals surface area (Å²) in [4.78, 5) is 18.0. The zero-order valence-electron chi connectivity index (χ0n) is 11.9. The Labute approximate surface area is 114 Å². The highest BCUT2D eigenvalue weighted by Crippen LogP contribution is 2.29. The summed E-state index contributed by atoms with van der Waals surface area (Å²) in [7, 11) is 1.82. The van der Waals surface area contributed by atoms with Crippen LogP contribution in [0.15, 0.2) is 24.5 Å². The van der Waals surface area contributed by atoms with Gasteiger partial charge in [-0.2, -0.15) is 0 Å². The number of pyridine rings is 1. The van der Waals surface area contributed by atoms with E-state index < -0.39 is 0 Å². The molecule has 2 atom stereocenters. The van der Waals surface area contributed by atoms with Crippen molar-refractivity contribution >= 4 is 5.91 Å². The lowest BCUT2D eigenvalue weighted by Crippen LogP contribution is -2.38. The molecule has 0 bridgehead atoms. The first-order valence-electron chi connectivity index (χ1n) is 6.87. The number of hydrogen-bond donors (Lipinski definition) is 0. The molecule has 0 radical (unpaired) electrons. The average Bonchev–Trinajstić information content (AvgIpc) is 3.27. The maximum Gasteiger partial charge on any atom is 0.251 e. The van der Waals surface area contributed by atoms with Gasteiger partial charge in [0, 0.05) is 19.4 Å². The molecule has 2 rings (SSSR count). The van der Waals surface area contributed by atoms with Crippen LogP contribution >= 0.6 is 0 Å². The third kappa shape index (κ3) is 3.77. The first-order chi connectivity index (χ1) is 9.09. The third-order valence-electron chi connectivity index (χ3n) is 3.74. The van der Waals surface area contributed by atoms with Gasteiger partial charge in [-0.25, -0.2) is 0 Å². The monoisotopic (exact) mass is 262 g/mol. The Kier molecular flexibility index (Phi) is 4.53. The van der Waals surface area contributed by atoms with Gasteiger partial charge in [0.15, 0.2) is 0 Å². The smallest absolute Gasteiger partial charge is 0.251 e. The fraction of sp³-hybridized carbons (Fsp3) is 0.600. The minimum atomic E-state index is -0.366. The summed E-state index contributed by atoms with van der Waals surface area (Å²) in [6, 6.07) is 3.90. The molecule has 104 valence electrons. The molecule has 1 heterocycles. The second-order valence-corrected chi connectivity index (χ2v) is 5.32. The van der Waals surface area contributed by atoms with Crippen molar-refractivity contribution < 1.29 is 9.53 Å². The van der Waals surface area contributed by atoms with Gasteiger partial charge in [0.1, 0.15) is 6.10 Å². The maximum absolute atomic E-state index is 12.3. The Hall–Kier alpha value is -1.42. The van der Waals surface area contributed by atoms with Crippen LogP contribution < -0.4 is 0 Å². The van der Waals surface area contributed by atoms with E-state index in [9.17, 15) is 4.79 Å². The number of ether oxygens (including phenoxy) is 1. The van der Waals surface area contributed by atoms with Gasteiger partial charge in [0.2, 0.25) is 0 Å². The van der Waals surface area contributed by atoms with Crippen LogP contribution in [0.5, 0.6) is 0 Å². The lowest BCUT2D eigenvalue weighted by Gasteiger charge is -2.28. The molecule has 1 saturated carbocycles. The fourth-order valence-corrected chi connectivity index (χ4v) is 1.98. The number of aromatic nitrogens is 1. The molecule has 0 N–H and O–H groups in total. The summed E-state index contributed by atoms with van der Waals surface area (Å²) >= 11 is 0.